The molecule has 0 aromatic heterocycles. The van der Waals surface area contributed by atoms with E-state index in [4.69, 9.17) is 4.74 Å². The zero-order valence-corrected chi connectivity index (χ0v) is 19.1. The van der Waals surface area contributed by atoms with Gasteiger partial charge in [-0.2, -0.15) is 5.26 Å². The number of hydrogen-bond acceptors (Lipinski definition) is 4. The first-order valence-electron chi connectivity index (χ1n) is 11.3. The summed E-state index contributed by atoms with van der Waals surface area (Å²) < 4.78 is 5.95. The van der Waals surface area contributed by atoms with Crippen molar-refractivity contribution in [3.05, 3.63) is 88.0 Å². The number of fused-ring (bicyclic) bond motifs is 2. The first-order valence-corrected chi connectivity index (χ1v) is 11.3. The number of hydrogen-bond donors (Lipinski definition) is 0. The van der Waals surface area contributed by atoms with Crippen LogP contribution in [0, 0.1) is 25.2 Å². The molecule has 0 saturated carbocycles. The van der Waals surface area contributed by atoms with Crippen molar-refractivity contribution in [2.45, 2.75) is 39.3 Å². The molecule has 0 amide bonds. The summed E-state index contributed by atoms with van der Waals surface area (Å²) in [5.41, 5.74) is 10.3. The van der Waals surface area contributed by atoms with Crippen molar-refractivity contribution < 1.29 is 4.74 Å². The summed E-state index contributed by atoms with van der Waals surface area (Å²) in [5, 5.41) is 9.61. The number of nitrogens with zero attached hydrogens (tertiary/aromatic N) is 3. The van der Waals surface area contributed by atoms with E-state index in [1.54, 1.807) is 0 Å². The van der Waals surface area contributed by atoms with Gasteiger partial charge in [0.05, 0.1) is 17.4 Å². The molecule has 0 bridgehead atoms. The Morgan fingerprint density at radius 1 is 1.09 bits per heavy atom. The summed E-state index contributed by atoms with van der Waals surface area (Å²) in [5.74, 6) is 1.09. The Balaban J connectivity index is 1.44. The average Bonchev–Trinajstić information content (AvgIpc) is 3.50. The Hall–Kier alpha value is -3.29. The summed E-state index contributed by atoms with van der Waals surface area (Å²) in [4.78, 5) is 4.68. The molecule has 4 heteroatoms. The molecule has 2 aliphatic rings. The molecule has 3 aromatic rings. The van der Waals surface area contributed by atoms with E-state index >= 15 is 0 Å². The van der Waals surface area contributed by atoms with Crippen LogP contribution in [-0.2, 0) is 13.1 Å². The molecule has 1 atom stereocenters. The van der Waals surface area contributed by atoms with Crippen LogP contribution in [-0.4, -0.2) is 25.1 Å². The molecule has 0 fully saturated rings. The fraction of sp³-hybridized carbons (Fsp3) is 0.321. The minimum atomic E-state index is 0.0897. The van der Waals surface area contributed by atoms with Gasteiger partial charge in [-0.15, -0.1) is 0 Å². The molecule has 2 aliphatic heterocycles. The average molecular weight is 424 g/mol. The van der Waals surface area contributed by atoms with Gasteiger partial charge in [0.25, 0.3) is 0 Å². The molecule has 1 unspecified atom stereocenters. The second-order valence-corrected chi connectivity index (χ2v) is 8.97. The van der Waals surface area contributed by atoms with E-state index in [0.717, 1.165) is 25.4 Å². The first-order chi connectivity index (χ1) is 15.6. The molecule has 0 N–H and O–H groups in total. The highest BCUT2D eigenvalue weighted by Crippen LogP contribution is 2.51. The Labute approximate surface area is 190 Å². The highest BCUT2D eigenvalue weighted by Gasteiger charge is 2.30. The van der Waals surface area contributed by atoms with Gasteiger partial charge in [-0.1, -0.05) is 42.5 Å². The van der Waals surface area contributed by atoms with Crippen molar-refractivity contribution in [2.24, 2.45) is 0 Å². The van der Waals surface area contributed by atoms with Gasteiger partial charge in [0.15, 0.2) is 0 Å². The van der Waals surface area contributed by atoms with Crippen LogP contribution in [0.5, 0.6) is 5.75 Å². The van der Waals surface area contributed by atoms with E-state index in [-0.39, 0.29) is 5.92 Å². The maximum Gasteiger partial charge on any atom is 0.123 e. The number of benzene rings is 3. The first kappa shape index (κ1) is 20.6. The number of aryl methyl sites for hydroxylation is 1. The number of ether oxygens (including phenoxy) is 1. The van der Waals surface area contributed by atoms with Gasteiger partial charge >= 0.3 is 0 Å². The van der Waals surface area contributed by atoms with E-state index in [1.165, 1.54) is 44.8 Å². The van der Waals surface area contributed by atoms with E-state index in [0.29, 0.717) is 13.0 Å². The highest BCUT2D eigenvalue weighted by molar-refractivity contribution is 5.95. The van der Waals surface area contributed by atoms with Crippen LogP contribution in [0.1, 0.15) is 45.7 Å². The molecule has 4 nitrogen and oxygen atoms in total. The van der Waals surface area contributed by atoms with Crippen LogP contribution in [0.15, 0.2) is 54.6 Å². The molecular formula is C28H29N3O. The zero-order chi connectivity index (χ0) is 22.2. The van der Waals surface area contributed by atoms with E-state index in [1.807, 2.05) is 6.07 Å². The van der Waals surface area contributed by atoms with Crippen molar-refractivity contribution >= 4 is 11.4 Å². The van der Waals surface area contributed by atoms with Gasteiger partial charge < -0.3 is 9.64 Å². The smallest absolute Gasteiger partial charge is 0.123 e. The summed E-state index contributed by atoms with van der Waals surface area (Å²) in [6.45, 7) is 7.74. The lowest BCUT2D eigenvalue weighted by Crippen LogP contribution is -2.25. The van der Waals surface area contributed by atoms with Crippen molar-refractivity contribution in [1.82, 2.24) is 4.90 Å². The molecule has 162 valence electrons. The lowest BCUT2D eigenvalue weighted by atomic mass is 9.85. The predicted octanol–water partition coefficient (Wildman–Crippen LogP) is 5.82. The summed E-state index contributed by atoms with van der Waals surface area (Å²) in [6.07, 6.45) is 0.483. The zero-order valence-electron chi connectivity index (χ0n) is 19.1. The fourth-order valence-electron chi connectivity index (χ4n) is 5.04. The van der Waals surface area contributed by atoms with Gasteiger partial charge in [0.2, 0.25) is 0 Å². The maximum absolute atomic E-state index is 9.61. The highest BCUT2D eigenvalue weighted by atomic mass is 16.5. The fourth-order valence-corrected chi connectivity index (χ4v) is 5.04. The monoisotopic (exact) mass is 423 g/mol. The molecule has 32 heavy (non-hydrogen) atoms. The Bertz CT molecular complexity index is 1210. The Kier molecular flexibility index (Phi) is 5.36. The van der Waals surface area contributed by atoms with Crippen molar-refractivity contribution in [2.75, 3.05) is 25.1 Å². The van der Waals surface area contributed by atoms with Crippen LogP contribution in [0.3, 0.4) is 0 Å². The van der Waals surface area contributed by atoms with Gasteiger partial charge in [0, 0.05) is 44.6 Å². The number of anilines is 2. The Morgan fingerprint density at radius 2 is 1.94 bits per heavy atom. The third kappa shape index (κ3) is 3.74. The van der Waals surface area contributed by atoms with Crippen LogP contribution in [0.2, 0.25) is 0 Å². The molecular weight excluding hydrogens is 394 g/mol. The second-order valence-electron chi connectivity index (χ2n) is 8.97. The van der Waals surface area contributed by atoms with Gasteiger partial charge in [-0.25, -0.2) is 0 Å². The van der Waals surface area contributed by atoms with Crippen molar-refractivity contribution in [3.8, 4) is 11.8 Å². The molecule has 0 saturated heterocycles. The van der Waals surface area contributed by atoms with Crippen LogP contribution in [0.25, 0.3) is 0 Å². The molecule has 0 spiro atoms. The lowest BCUT2D eigenvalue weighted by Gasteiger charge is -2.23. The number of rotatable bonds is 5. The third-order valence-electron chi connectivity index (χ3n) is 6.97. The van der Waals surface area contributed by atoms with E-state index in [2.05, 4.69) is 85.3 Å². The van der Waals surface area contributed by atoms with Crippen molar-refractivity contribution in [3.63, 3.8) is 0 Å². The largest absolute Gasteiger partial charge is 0.492 e. The lowest BCUT2D eigenvalue weighted by molar-refractivity contribution is 0.219. The molecule has 5 rings (SSSR count). The van der Waals surface area contributed by atoms with Crippen LogP contribution >= 0.6 is 0 Å². The number of nitriles is 1. The van der Waals surface area contributed by atoms with E-state index in [9.17, 15) is 5.26 Å². The maximum atomic E-state index is 9.61. The molecule has 2 heterocycles. The second kappa shape index (κ2) is 8.33. The normalized spacial score (nSPS) is 15.8. The van der Waals surface area contributed by atoms with Crippen LogP contribution < -0.4 is 9.64 Å². The third-order valence-corrected chi connectivity index (χ3v) is 6.97. The quantitative estimate of drug-likeness (QED) is 0.485. The van der Waals surface area contributed by atoms with E-state index < -0.39 is 0 Å². The van der Waals surface area contributed by atoms with Gasteiger partial charge in [-0.05, 0) is 53.8 Å². The number of para-hydroxylation sites is 1. The van der Waals surface area contributed by atoms with Crippen molar-refractivity contribution in [1.29, 1.82) is 5.26 Å². The van der Waals surface area contributed by atoms with Gasteiger partial charge in [0.1, 0.15) is 12.4 Å². The molecule has 0 aliphatic carbocycles. The predicted molar refractivity (Wildman–Crippen MR) is 129 cm³/mol. The molecule has 0 radical (unpaired) electrons. The topological polar surface area (TPSA) is 39.3 Å². The van der Waals surface area contributed by atoms with Crippen LogP contribution in [0.4, 0.5) is 11.4 Å². The van der Waals surface area contributed by atoms with Gasteiger partial charge in [-0.3, -0.25) is 4.90 Å². The minimum Gasteiger partial charge on any atom is -0.492 e. The Morgan fingerprint density at radius 3 is 2.78 bits per heavy atom. The summed E-state index contributed by atoms with van der Waals surface area (Å²) >= 11 is 0. The minimum absolute atomic E-state index is 0.0897. The SMILES string of the molecule is Cc1ccc(C(CC#N)c2ccc3c(c2C)N3C)cc1CN1CCOc2ccccc2C1. The standard InChI is InChI=1S/C28H29N3O/c1-19-8-9-21(25(12-13-29)24-10-11-26-28(20(24)2)30(26)3)16-23(19)18-31-14-15-32-27-7-5-4-6-22(27)17-31/h4-11,16,25H,12,14-15,17-18H2,1-3H3. The summed E-state index contributed by atoms with van der Waals surface area (Å²) in [6, 6.07) is 21.9. The summed E-state index contributed by atoms with van der Waals surface area (Å²) in [7, 11) is 2.10. The molecule has 3 aromatic carbocycles.